The van der Waals surface area contributed by atoms with Crippen LogP contribution in [0.25, 0.3) is 0 Å². The summed E-state index contributed by atoms with van der Waals surface area (Å²) in [5.41, 5.74) is 2.66. The highest BCUT2D eigenvalue weighted by Gasteiger charge is 2.27. The Hall–Kier alpha value is -3.58. The number of aromatic hydroxyl groups is 1. The second kappa shape index (κ2) is 8.65. The molecule has 0 saturated heterocycles. The summed E-state index contributed by atoms with van der Waals surface area (Å²) in [4.78, 5) is 33.1. The zero-order valence-corrected chi connectivity index (χ0v) is 17.6. The van der Waals surface area contributed by atoms with Crippen molar-refractivity contribution in [1.82, 2.24) is 9.88 Å². The predicted octanol–water partition coefficient (Wildman–Crippen LogP) is 3.67. The number of halogens is 1. The van der Waals surface area contributed by atoms with Gasteiger partial charge in [-0.15, -0.1) is 0 Å². The molecule has 1 aliphatic heterocycles. The average Bonchev–Trinajstić information content (AvgIpc) is 2.76. The van der Waals surface area contributed by atoms with Crippen LogP contribution in [-0.2, 0) is 17.9 Å². The lowest BCUT2D eigenvalue weighted by Gasteiger charge is -2.30. The van der Waals surface area contributed by atoms with E-state index >= 15 is 0 Å². The number of aromatic nitrogens is 1. The molecule has 2 aromatic carbocycles. The predicted molar refractivity (Wildman–Crippen MR) is 119 cm³/mol. The lowest BCUT2D eigenvalue weighted by atomic mass is 10.1. The summed E-state index contributed by atoms with van der Waals surface area (Å²) in [6.07, 6.45) is 1.50. The molecule has 1 aliphatic rings. The van der Waals surface area contributed by atoms with Gasteiger partial charge in [0.1, 0.15) is 5.75 Å². The topological polar surface area (TPSA) is 85.8 Å². The lowest BCUT2D eigenvalue weighted by Crippen LogP contribution is -2.40. The van der Waals surface area contributed by atoms with Crippen molar-refractivity contribution in [3.63, 3.8) is 0 Å². The van der Waals surface area contributed by atoms with E-state index in [1.807, 2.05) is 18.2 Å². The third-order valence-corrected chi connectivity index (χ3v) is 5.30. The Morgan fingerprint density at radius 2 is 1.97 bits per heavy atom. The van der Waals surface area contributed by atoms with E-state index in [1.54, 1.807) is 53.2 Å². The van der Waals surface area contributed by atoms with Gasteiger partial charge >= 0.3 is 0 Å². The molecular formula is C23H21ClN4O3. The van der Waals surface area contributed by atoms with Crippen LogP contribution in [0.2, 0.25) is 5.02 Å². The fraction of sp³-hybridized carbons (Fsp3) is 0.174. The molecule has 2 N–H and O–H groups in total. The minimum atomic E-state index is -0.233. The Balaban J connectivity index is 1.58. The van der Waals surface area contributed by atoms with Crippen molar-refractivity contribution >= 4 is 34.9 Å². The molecule has 0 spiro atoms. The van der Waals surface area contributed by atoms with Gasteiger partial charge in [0.2, 0.25) is 5.91 Å². The third kappa shape index (κ3) is 4.62. The highest BCUT2D eigenvalue weighted by atomic mass is 35.5. The van der Waals surface area contributed by atoms with Gasteiger partial charge in [0.15, 0.2) is 5.82 Å². The molecule has 2 amide bonds. The number of carbonyl (C=O) groups excluding carboxylic acids is 2. The van der Waals surface area contributed by atoms with Crippen LogP contribution >= 0.6 is 11.6 Å². The summed E-state index contributed by atoms with van der Waals surface area (Å²) >= 11 is 5.96. The summed E-state index contributed by atoms with van der Waals surface area (Å²) in [5.74, 6) is 0.363. The molecule has 0 radical (unpaired) electrons. The maximum Gasteiger partial charge on any atom is 0.255 e. The molecular weight excluding hydrogens is 416 g/mol. The summed E-state index contributed by atoms with van der Waals surface area (Å²) < 4.78 is 0. The number of anilines is 2. The van der Waals surface area contributed by atoms with Crippen LogP contribution in [0.3, 0.4) is 0 Å². The van der Waals surface area contributed by atoms with Crippen LogP contribution in [-0.4, -0.2) is 40.4 Å². The van der Waals surface area contributed by atoms with Crippen molar-refractivity contribution in [3.05, 3.63) is 82.5 Å². The summed E-state index contributed by atoms with van der Waals surface area (Å²) in [6, 6.07) is 15.7. The quantitative estimate of drug-likeness (QED) is 0.637. The zero-order valence-electron chi connectivity index (χ0n) is 16.9. The standard InChI is InChI=1S/C23H21ClN4O3/c1-27(13-16-3-2-4-19(29)9-16)23(31)17-10-20-22(25-11-17)26-12-21(30)28(20)14-15-5-7-18(24)8-6-15/h2-11,29H,12-14H2,1H3,(H,25,26). The van der Waals surface area contributed by atoms with Crippen molar-refractivity contribution in [3.8, 4) is 5.75 Å². The van der Waals surface area contributed by atoms with Crippen LogP contribution in [0.5, 0.6) is 5.75 Å². The number of fused-ring (bicyclic) bond motifs is 1. The smallest absolute Gasteiger partial charge is 0.255 e. The summed E-state index contributed by atoms with van der Waals surface area (Å²) in [5, 5.41) is 13.3. The molecule has 1 aromatic heterocycles. The molecule has 8 heteroatoms. The zero-order chi connectivity index (χ0) is 22.0. The van der Waals surface area contributed by atoms with Crippen molar-refractivity contribution in [2.24, 2.45) is 0 Å². The van der Waals surface area contributed by atoms with Gasteiger partial charge in [-0.1, -0.05) is 35.9 Å². The molecule has 0 saturated carbocycles. The summed E-state index contributed by atoms with van der Waals surface area (Å²) in [7, 11) is 1.68. The number of hydrogen-bond acceptors (Lipinski definition) is 5. The van der Waals surface area contributed by atoms with E-state index in [-0.39, 0.29) is 24.1 Å². The maximum atomic E-state index is 13.0. The van der Waals surface area contributed by atoms with Gasteiger partial charge in [-0.05, 0) is 41.5 Å². The lowest BCUT2D eigenvalue weighted by molar-refractivity contribution is -0.117. The molecule has 158 valence electrons. The Kier molecular flexibility index (Phi) is 5.77. The van der Waals surface area contributed by atoms with Gasteiger partial charge in [-0.25, -0.2) is 4.98 Å². The van der Waals surface area contributed by atoms with Crippen molar-refractivity contribution in [1.29, 1.82) is 0 Å². The van der Waals surface area contributed by atoms with Crippen LogP contribution in [0, 0.1) is 0 Å². The second-order valence-corrected chi connectivity index (χ2v) is 7.82. The number of benzene rings is 2. The number of pyridine rings is 1. The van der Waals surface area contributed by atoms with E-state index in [2.05, 4.69) is 10.3 Å². The number of hydrogen-bond donors (Lipinski definition) is 2. The van der Waals surface area contributed by atoms with Gasteiger partial charge in [0.05, 0.1) is 24.3 Å². The van der Waals surface area contributed by atoms with Crippen molar-refractivity contribution in [2.45, 2.75) is 13.1 Å². The highest BCUT2D eigenvalue weighted by Crippen LogP contribution is 2.30. The normalized spacial score (nSPS) is 12.8. The first-order valence-electron chi connectivity index (χ1n) is 9.73. The summed E-state index contributed by atoms with van der Waals surface area (Å²) in [6.45, 7) is 0.817. The first-order chi connectivity index (χ1) is 14.9. The Morgan fingerprint density at radius 3 is 2.71 bits per heavy atom. The largest absolute Gasteiger partial charge is 0.508 e. The molecule has 0 atom stereocenters. The van der Waals surface area contributed by atoms with E-state index < -0.39 is 0 Å². The molecule has 0 fully saturated rings. The monoisotopic (exact) mass is 436 g/mol. The molecule has 0 unspecified atom stereocenters. The van der Waals surface area contributed by atoms with E-state index in [0.717, 1.165) is 11.1 Å². The first kappa shape index (κ1) is 20.7. The number of nitrogens with one attached hydrogen (secondary N) is 1. The van der Waals surface area contributed by atoms with E-state index in [1.165, 1.54) is 6.20 Å². The van der Waals surface area contributed by atoms with E-state index in [4.69, 9.17) is 11.6 Å². The van der Waals surface area contributed by atoms with Crippen LogP contribution < -0.4 is 10.2 Å². The van der Waals surface area contributed by atoms with E-state index in [9.17, 15) is 14.7 Å². The molecule has 2 heterocycles. The van der Waals surface area contributed by atoms with Gasteiger partial charge in [-0.2, -0.15) is 0 Å². The first-order valence-corrected chi connectivity index (χ1v) is 10.1. The van der Waals surface area contributed by atoms with Gasteiger partial charge < -0.3 is 20.2 Å². The Bertz CT molecular complexity index is 1130. The van der Waals surface area contributed by atoms with Crippen LogP contribution in [0.1, 0.15) is 21.5 Å². The van der Waals surface area contributed by atoms with Crippen molar-refractivity contribution < 1.29 is 14.7 Å². The molecule has 0 aliphatic carbocycles. The molecule has 31 heavy (non-hydrogen) atoms. The van der Waals surface area contributed by atoms with Crippen LogP contribution in [0.15, 0.2) is 60.8 Å². The molecule has 0 bridgehead atoms. The molecule has 7 nitrogen and oxygen atoms in total. The second-order valence-electron chi connectivity index (χ2n) is 7.38. The highest BCUT2D eigenvalue weighted by molar-refractivity contribution is 6.30. The Labute approximate surface area is 184 Å². The minimum Gasteiger partial charge on any atom is -0.508 e. The van der Waals surface area contributed by atoms with Gasteiger partial charge in [0.25, 0.3) is 5.91 Å². The fourth-order valence-electron chi connectivity index (χ4n) is 3.47. The fourth-order valence-corrected chi connectivity index (χ4v) is 3.59. The van der Waals surface area contributed by atoms with Gasteiger partial charge in [-0.3, -0.25) is 9.59 Å². The maximum absolute atomic E-state index is 13.0. The van der Waals surface area contributed by atoms with Crippen LogP contribution in [0.4, 0.5) is 11.5 Å². The number of phenolic OH excluding ortho intramolecular Hbond substituents is 1. The number of rotatable bonds is 5. The number of carbonyl (C=O) groups is 2. The number of amides is 2. The molecule has 4 rings (SSSR count). The number of phenols is 1. The average molecular weight is 437 g/mol. The van der Waals surface area contributed by atoms with Crippen molar-refractivity contribution in [2.75, 3.05) is 23.8 Å². The van der Waals surface area contributed by atoms with E-state index in [0.29, 0.717) is 35.2 Å². The Morgan fingerprint density at radius 1 is 1.19 bits per heavy atom. The number of nitrogens with zero attached hydrogens (tertiary/aromatic N) is 3. The van der Waals surface area contributed by atoms with Gasteiger partial charge in [0, 0.05) is 24.8 Å². The third-order valence-electron chi connectivity index (χ3n) is 5.04. The minimum absolute atomic E-state index is 0.109. The SMILES string of the molecule is CN(Cc1cccc(O)c1)C(=O)c1cnc2c(c1)N(Cc1ccc(Cl)cc1)C(=O)CN2. The molecule has 3 aromatic rings.